The van der Waals surface area contributed by atoms with E-state index in [1.54, 1.807) is 6.20 Å². The van der Waals surface area contributed by atoms with Gasteiger partial charge in [-0.05, 0) is 36.4 Å². The molecule has 0 bridgehead atoms. The molecule has 0 radical (unpaired) electrons. The van der Waals surface area contributed by atoms with Gasteiger partial charge in [0.05, 0.1) is 17.9 Å². The molecule has 1 aromatic carbocycles. The molecular weight excluding hydrogens is 292 g/mol. The standard InChI is InChI=1S/C17H18N4O2/c22-17(13-2-1-12-3-6-18-16(12)9-13)20-14-10-19-21(11-14)15-4-7-23-8-5-15/h1-3,6,9-11,15,18H,4-5,7-8H2,(H,20,22). The number of carbonyl (C=O) groups excluding carboxylic acids is 1. The van der Waals surface area contributed by atoms with Gasteiger partial charge in [-0.2, -0.15) is 5.10 Å². The number of nitrogens with one attached hydrogen (secondary N) is 2. The van der Waals surface area contributed by atoms with Crippen LogP contribution in [0, 0.1) is 0 Å². The number of hydrogen-bond acceptors (Lipinski definition) is 3. The van der Waals surface area contributed by atoms with Crippen molar-refractivity contribution >= 4 is 22.5 Å². The van der Waals surface area contributed by atoms with Gasteiger partial charge in [-0.15, -0.1) is 0 Å². The molecular formula is C17H18N4O2. The molecule has 0 atom stereocenters. The molecule has 3 heterocycles. The highest BCUT2D eigenvalue weighted by molar-refractivity contribution is 6.06. The van der Waals surface area contributed by atoms with Gasteiger partial charge in [0.2, 0.25) is 0 Å². The molecule has 2 N–H and O–H groups in total. The zero-order chi connectivity index (χ0) is 15.6. The van der Waals surface area contributed by atoms with Crippen LogP contribution < -0.4 is 5.32 Å². The molecule has 2 aromatic heterocycles. The fourth-order valence-electron chi connectivity index (χ4n) is 2.94. The second-order valence-corrected chi connectivity index (χ2v) is 5.79. The van der Waals surface area contributed by atoms with Crippen molar-refractivity contribution in [2.75, 3.05) is 18.5 Å². The minimum atomic E-state index is -0.131. The monoisotopic (exact) mass is 310 g/mol. The average molecular weight is 310 g/mol. The van der Waals surface area contributed by atoms with Crippen molar-refractivity contribution in [2.45, 2.75) is 18.9 Å². The van der Waals surface area contributed by atoms with E-state index in [1.165, 1.54) is 0 Å². The van der Waals surface area contributed by atoms with Crippen molar-refractivity contribution in [2.24, 2.45) is 0 Å². The van der Waals surface area contributed by atoms with E-state index in [-0.39, 0.29) is 5.91 Å². The molecule has 0 unspecified atom stereocenters. The van der Waals surface area contributed by atoms with Crippen LogP contribution >= 0.6 is 0 Å². The highest BCUT2D eigenvalue weighted by Gasteiger charge is 2.17. The van der Waals surface area contributed by atoms with Gasteiger partial charge in [0.1, 0.15) is 0 Å². The largest absolute Gasteiger partial charge is 0.381 e. The van der Waals surface area contributed by atoms with E-state index < -0.39 is 0 Å². The van der Waals surface area contributed by atoms with Crippen LogP contribution in [0.5, 0.6) is 0 Å². The van der Waals surface area contributed by atoms with Crippen molar-refractivity contribution < 1.29 is 9.53 Å². The summed E-state index contributed by atoms with van der Waals surface area (Å²) < 4.78 is 7.29. The highest BCUT2D eigenvalue weighted by atomic mass is 16.5. The Morgan fingerprint density at radius 3 is 3.04 bits per heavy atom. The molecule has 1 aliphatic rings. The zero-order valence-corrected chi connectivity index (χ0v) is 12.7. The van der Waals surface area contributed by atoms with Crippen LogP contribution in [0.15, 0.2) is 42.9 Å². The number of rotatable bonds is 3. The number of anilines is 1. The van der Waals surface area contributed by atoms with Crippen LogP contribution in [-0.4, -0.2) is 33.9 Å². The molecule has 1 saturated heterocycles. The third kappa shape index (κ3) is 2.85. The van der Waals surface area contributed by atoms with Crippen LogP contribution in [0.4, 0.5) is 5.69 Å². The lowest BCUT2D eigenvalue weighted by Crippen LogP contribution is -2.19. The van der Waals surface area contributed by atoms with Crippen molar-refractivity contribution in [3.8, 4) is 0 Å². The number of amides is 1. The minimum Gasteiger partial charge on any atom is -0.381 e. The number of benzene rings is 1. The normalized spacial score (nSPS) is 15.8. The summed E-state index contributed by atoms with van der Waals surface area (Å²) in [7, 11) is 0. The molecule has 6 nitrogen and oxygen atoms in total. The summed E-state index contributed by atoms with van der Waals surface area (Å²) in [6, 6.07) is 7.95. The number of H-pyrrole nitrogens is 1. The van der Waals surface area contributed by atoms with E-state index in [9.17, 15) is 4.79 Å². The van der Waals surface area contributed by atoms with E-state index in [2.05, 4.69) is 15.4 Å². The lowest BCUT2D eigenvalue weighted by atomic mass is 10.1. The summed E-state index contributed by atoms with van der Waals surface area (Å²) in [5, 5.41) is 8.37. The Morgan fingerprint density at radius 2 is 2.17 bits per heavy atom. The highest BCUT2D eigenvalue weighted by Crippen LogP contribution is 2.22. The molecule has 1 aliphatic heterocycles. The summed E-state index contributed by atoms with van der Waals surface area (Å²) in [4.78, 5) is 15.5. The zero-order valence-electron chi connectivity index (χ0n) is 12.7. The van der Waals surface area contributed by atoms with Crippen LogP contribution in [0.1, 0.15) is 29.2 Å². The number of hydrogen-bond donors (Lipinski definition) is 2. The van der Waals surface area contributed by atoms with Crippen LogP contribution in [0.25, 0.3) is 10.9 Å². The number of nitrogens with zero attached hydrogens (tertiary/aromatic N) is 2. The van der Waals surface area contributed by atoms with Crippen molar-refractivity contribution in [3.63, 3.8) is 0 Å². The minimum absolute atomic E-state index is 0.131. The van der Waals surface area contributed by atoms with E-state index in [0.29, 0.717) is 17.3 Å². The predicted octanol–water partition coefficient (Wildman–Crippen LogP) is 2.97. The topological polar surface area (TPSA) is 71.9 Å². The first-order chi connectivity index (χ1) is 11.3. The molecule has 1 fully saturated rings. The molecule has 4 rings (SSSR count). The van der Waals surface area contributed by atoms with Crippen molar-refractivity contribution in [1.29, 1.82) is 0 Å². The summed E-state index contributed by atoms with van der Waals surface area (Å²) in [5.74, 6) is -0.131. The van der Waals surface area contributed by atoms with Gasteiger partial charge in [-0.1, -0.05) is 6.07 Å². The van der Waals surface area contributed by atoms with Crippen LogP contribution in [0.2, 0.25) is 0 Å². The van der Waals surface area contributed by atoms with Crippen LogP contribution in [0.3, 0.4) is 0 Å². The van der Waals surface area contributed by atoms with Crippen molar-refractivity contribution in [1.82, 2.24) is 14.8 Å². The molecule has 1 amide bonds. The first-order valence-electron chi connectivity index (χ1n) is 7.80. The van der Waals surface area contributed by atoms with Gasteiger partial charge in [0, 0.05) is 36.7 Å². The maximum atomic E-state index is 12.4. The Morgan fingerprint density at radius 1 is 1.30 bits per heavy atom. The summed E-state index contributed by atoms with van der Waals surface area (Å²) in [6.07, 6.45) is 7.36. The first kappa shape index (κ1) is 14.0. The Hall–Kier alpha value is -2.60. The van der Waals surface area contributed by atoms with Gasteiger partial charge in [0.15, 0.2) is 0 Å². The second kappa shape index (κ2) is 5.89. The van der Waals surface area contributed by atoms with Crippen molar-refractivity contribution in [3.05, 3.63) is 48.4 Å². The smallest absolute Gasteiger partial charge is 0.255 e. The summed E-state index contributed by atoms with van der Waals surface area (Å²) in [6.45, 7) is 1.53. The molecule has 0 saturated carbocycles. The van der Waals surface area contributed by atoms with E-state index in [0.717, 1.165) is 37.0 Å². The molecule has 0 aliphatic carbocycles. The molecule has 3 aromatic rings. The fourth-order valence-corrected chi connectivity index (χ4v) is 2.94. The van der Waals surface area contributed by atoms with Gasteiger partial charge in [0.25, 0.3) is 5.91 Å². The fraction of sp³-hybridized carbons (Fsp3) is 0.294. The summed E-state index contributed by atoms with van der Waals surface area (Å²) >= 11 is 0. The molecule has 118 valence electrons. The quantitative estimate of drug-likeness (QED) is 0.781. The van der Waals surface area contributed by atoms with E-state index in [4.69, 9.17) is 4.74 Å². The molecule has 6 heteroatoms. The van der Waals surface area contributed by atoms with E-state index >= 15 is 0 Å². The summed E-state index contributed by atoms with van der Waals surface area (Å²) in [5.41, 5.74) is 2.29. The Bertz CT molecular complexity index is 830. The van der Waals surface area contributed by atoms with Gasteiger partial charge in [-0.3, -0.25) is 9.48 Å². The second-order valence-electron chi connectivity index (χ2n) is 5.79. The average Bonchev–Trinajstić information content (AvgIpc) is 3.24. The Labute approximate surface area is 133 Å². The number of aromatic amines is 1. The maximum absolute atomic E-state index is 12.4. The van der Waals surface area contributed by atoms with Crippen LogP contribution in [-0.2, 0) is 4.74 Å². The number of carbonyl (C=O) groups is 1. The van der Waals surface area contributed by atoms with Gasteiger partial charge in [-0.25, -0.2) is 0 Å². The predicted molar refractivity (Wildman–Crippen MR) is 87.6 cm³/mol. The molecule has 0 spiro atoms. The Kier molecular flexibility index (Phi) is 3.59. The maximum Gasteiger partial charge on any atom is 0.255 e. The lowest BCUT2D eigenvalue weighted by Gasteiger charge is -2.22. The SMILES string of the molecule is O=C(Nc1cnn(C2CCOCC2)c1)c1ccc2cc[nH]c2c1. The van der Waals surface area contributed by atoms with Gasteiger partial charge < -0.3 is 15.0 Å². The molecule has 23 heavy (non-hydrogen) atoms. The third-order valence-corrected chi connectivity index (χ3v) is 4.24. The number of ether oxygens (including phenoxy) is 1. The lowest BCUT2D eigenvalue weighted by molar-refractivity contribution is 0.0662. The first-order valence-corrected chi connectivity index (χ1v) is 7.80. The number of fused-ring (bicyclic) bond motifs is 1. The third-order valence-electron chi connectivity index (χ3n) is 4.24. The van der Waals surface area contributed by atoms with E-state index in [1.807, 2.05) is 41.3 Å². The Balaban J connectivity index is 1.48. The number of aromatic nitrogens is 3. The van der Waals surface area contributed by atoms with Gasteiger partial charge >= 0.3 is 0 Å².